The van der Waals surface area contributed by atoms with E-state index in [4.69, 9.17) is 9.47 Å². The highest BCUT2D eigenvalue weighted by atomic mass is 16.5. The Balaban J connectivity index is 5.75. The number of nitriles is 1. The van der Waals surface area contributed by atoms with Gasteiger partial charge < -0.3 is 9.47 Å². The van der Waals surface area contributed by atoms with Gasteiger partial charge in [0.15, 0.2) is 0 Å². The van der Waals surface area contributed by atoms with E-state index in [1.54, 1.807) is 20.8 Å². The van der Waals surface area contributed by atoms with Crippen LogP contribution in [0.1, 0.15) is 47.5 Å². The molecule has 130 valence electrons. The van der Waals surface area contributed by atoms with Gasteiger partial charge >= 0.3 is 11.9 Å². The van der Waals surface area contributed by atoms with Gasteiger partial charge in [0, 0.05) is 12.3 Å². The van der Waals surface area contributed by atoms with Gasteiger partial charge in [-0.3, -0.25) is 14.4 Å². The third-order valence-electron chi connectivity index (χ3n) is 3.52. The summed E-state index contributed by atoms with van der Waals surface area (Å²) in [6.07, 6.45) is 0.519. The van der Waals surface area contributed by atoms with Crippen LogP contribution in [0.3, 0.4) is 0 Å². The average Bonchev–Trinajstić information content (AvgIpc) is 2.47. The van der Waals surface area contributed by atoms with Crippen molar-refractivity contribution in [1.29, 1.82) is 5.26 Å². The summed E-state index contributed by atoms with van der Waals surface area (Å²) in [6.45, 7) is 9.03. The number of hydrogen-bond acceptors (Lipinski definition) is 6. The van der Waals surface area contributed by atoms with Crippen molar-refractivity contribution >= 4 is 17.7 Å². The van der Waals surface area contributed by atoms with Crippen LogP contribution in [-0.4, -0.2) is 30.9 Å². The minimum atomic E-state index is -1.16. The van der Waals surface area contributed by atoms with E-state index in [0.29, 0.717) is 6.42 Å². The van der Waals surface area contributed by atoms with Crippen LogP contribution in [0.15, 0.2) is 0 Å². The molecule has 0 aliphatic rings. The summed E-state index contributed by atoms with van der Waals surface area (Å²) in [5, 5.41) is 9.41. The number of ether oxygens (including phenoxy) is 2. The summed E-state index contributed by atoms with van der Waals surface area (Å²) in [7, 11) is 0. The third kappa shape index (κ3) is 6.39. The maximum Gasteiger partial charge on any atom is 0.323 e. The lowest BCUT2D eigenvalue weighted by atomic mass is 9.74. The predicted molar refractivity (Wildman–Crippen MR) is 84.1 cm³/mol. The summed E-state index contributed by atoms with van der Waals surface area (Å²) in [5.74, 6) is -4.61. The van der Waals surface area contributed by atoms with Crippen LogP contribution in [0.5, 0.6) is 0 Å². The molecule has 6 nitrogen and oxygen atoms in total. The Labute approximate surface area is 138 Å². The second-order valence-corrected chi connectivity index (χ2v) is 5.70. The highest BCUT2D eigenvalue weighted by molar-refractivity contribution is 5.99. The zero-order valence-electron chi connectivity index (χ0n) is 14.6. The SMILES string of the molecule is CCOC(=O)C(C#N)C(CC(C)C)C(C(=O)CC)C(=O)OCC. The molecule has 0 saturated heterocycles. The van der Waals surface area contributed by atoms with Crippen LogP contribution in [0.25, 0.3) is 0 Å². The van der Waals surface area contributed by atoms with E-state index >= 15 is 0 Å². The fourth-order valence-electron chi connectivity index (χ4n) is 2.56. The number of nitrogens with zero attached hydrogens (tertiary/aromatic N) is 1. The molecule has 0 spiro atoms. The molecule has 0 aromatic carbocycles. The maximum absolute atomic E-state index is 12.3. The molecule has 0 aromatic heterocycles. The first-order valence-electron chi connectivity index (χ1n) is 8.09. The Bertz CT molecular complexity index is 452. The summed E-state index contributed by atoms with van der Waals surface area (Å²) in [6, 6.07) is 1.91. The largest absolute Gasteiger partial charge is 0.465 e. The van der Waals surface area contributed by atoms with Gasteiger partial charge in [-0.2, -0.15) is 5.26 Å². The molecule has 0 amide bonds. The van der Waals surface area contributed by atoms with Crippen molar-refractivity contribution in [2.75, 3.05) is 13.2 Å². The monoisotopic (exact) mass is 325 g/mol. The second-order valence-electron chi connectivity index (χ2n) is 5.70. The molecule has 0 saturated carbocycles. The highest BCUT2D eigenvalue weighted by Gasteiger charge is 2.43. The number of ketones is 1. The van der Waals surface area contributed by atoms with Crippen LogP contribution in [0.4, 0.5) is 0 Å². The summed E-state index contributed by atoms with van der Waals surface area (Å²) < 4.78 is 9.94. The molecule has 0 rings (SSSR count). The van der Waals surface area contributed by atoms with E-state index in [1.165, 1.54) is 0 Å². The van der Waals surface area contributed by atoms with Crippen molar-refractivity contribution in [2.24, 2.45) is 23.7 Å². The van der Waals surface area contributed by atoms with Crippen molar-refractivity contribution in [3.05, 3.63) is 0 Å². The van der Waals surface area contributed by atoms with E-state index in [1.807, 2.05) is 19.9 Å². The van der Waals surface area contributed by atoms with Gasteiger partial charge in [-0.1, -0.05) is 20.8 Å². The lowest BCUT2D eigenvalue weighted by Crippen LogP contribution is -2.40. The van der Waals surface area contributed by atoms with Crippen LogP contribution < -0.4 is 0 Å². The molecule has 0 heterocycles. The number of carbonyl (C=O) groups is 3. The van der Waals surface area contributed by atoms with Crippen LogP contribution in [0.2, 0.25) is 0 Å². The number of Topliss-reactive ketones (excluding diaryl/α,β-unsaturated/α-hetero) is 1. The smallest absolute Gasteiger partial charge is 0.323 e. The Morgan fingerprint density at radius 2 is 1.52 bits per heavy atom. The van der Waals surface area contributed by atoms with Crippen LogP contribution in [-0.2, 0) is 23.9 Å². The van der Waals surface area contributed by atoms with E-state index in [0.717, 1.165) is 0 Å². The Morgan fingerprint density at radius 3 is 1.91 bits per heavy atom. The number of rotatable bonds is 10. The maximum atomic E-state index is 12.3. The fourth-order valence-corrected chi connectivity index (χ4v) is 2.56. The van der Waals surface area contributed by atoms with Crippen LogP contribution >= 0.6 is 0 Å². The van der Waals surface area contributed by atoms with Crippen molar-refractivity contribution in [3.63, 3.8) is 0 Å². The lowest BCUT2D eigenvalue weighted by molar-refractivity contribution is -0.157. The minimum Gasteiger partial charge on any atom is -0.465 e. The van der Waals surface area contributed by atoms with Gasteiger partial charge in [0.1, 0.15) is 17.6 Å². The first-order valence-corrected chi connectivity index (χ1v) is 8.09. The molecule has 6 heteroatoms. The van der Waals surface area contributed by atoms with Crippen molar-refractivity contribution in [2.45, 2.75) is 47.5 Å². The first kappa shape index (κ1) is 21.1. The van der Waals surface area contributed by atoms with E-state index < -0.39 is 29.7 Å². The predicted octanol–water partition coefficient (Wildman–Crippen LogP) is 2.51. The van der Waals surface area contributed by atoms with Crippen molar-refractivity contribution in [1.82, 2.24) is 0 Å². The average molecular weight is 325 g/mol. The molecule has 0 N–H and O–H groups in total. The van der Waals surface area contributed by atoms with Crippen molar-refractivity contribution in [3.8, 4) is 6.07 Å². The van der Waals surface area contributed by atoms with Crippen LogP contribution in [0, 0.1) is 35.0 Å². The van der Waals surface area contributed by atoms with Crippen molar-refractivity contribution < 1.29 is 23.9 Å². The summed E-state index contributed by atoms with van der Waals surface area (Å²) >= 11 is 0. The molecular weight excluding hydrogens is 298 g/mol. The molecule has 23 heavy (non-hydrogen) atoms. The molecule has 3 atom stereocenters. The zero-order valence-corrected chi connectivity index (χ0v) is 14.6. The Hall–Kier alpha value is -1.90. The summed E-state index contributed by atoms with van der Waals surface area (Å²) in [4.78, 5) is 36.6. The fraction of sp³-hybridized carbons (Fsp3) is 0.765. The van der Waals surface area contributed by atoms with Gasteiger partial charge in [0.2, 0.25) is 0 Å². The molecule has 0 fully saturated rings. The van der Waals surface area contributed by atoms with Gasteiger partial charge in [-0.05, 0) is 26.2 Å². The topological polar surface area (TPSA) is 93.5 Å². The molecule has 0 aromatic rings. The van der Waals surface area contributed by atoms with Gasteiger partial charge in [0.25, 0.3) is 0 Å². The van der Waals surface area contributed by atoms with Gasteiger partial charge in [0.05, 0.1) is 19.3 Å². The second kappa shape index (κ2) is 10.8. The Kier molecular flexibility index (Phi) is 9.87. The number of esters is 2. The summed E-state index contributed by atoms with van der Waals surface area (Å²) in [5.41, 5.74) is 0. The molecule has 3 unspecified atom stereocenters. The molecule has 0 bridgehead atoms. The molecule has 0 aliphatic heterocycles. The zero-order chi connectivity index (χ0) is 18.0. The number of carbonyl (C=O) groups excluding carboxylic acids is 3. The Morgan fingerprint density at radius 1 is 1.00 bits per heavy atom. The molecular formula is C17H27NO5. The normalized spacial score (nSPS) is 14.5. The number of hydrogen-bond donors (Lipinski definition) is 0. The van der Waals surface area contributed by atoms with Gasteiger partial charge in [-0.15, -0.1) is 0 Å². The molecule has 0 aliphatic carbocycles. The van der Waals surface area contributed by atoms with E-state index in [2.05, 4.69) is 0 Å². The quantitative estimate of drug-likeness (QED) is 0.452. The first-order chi connectivity index (χ1) is 10.8. The van der Waals surface area contributed by atoms with Gasteiger partial charge in [-0.25, -0.2) is 0 Å². The molecule has 0 radical (unpaired) electrons. The minimum absolute atomic E-state index is 0.104. The highest BCUT2D eigenvalue weighted by Crippen LogP contribution is 2.31. The standard InChI is InChI=1S/C17H27NO5/c1-6-14(19)15(17(21)23-8-3)12(9-11(4)5)13(10-18)16(20)22-7-2/h11-13,15H,6-9H2,1-5H3. The van der Waals surface area contributed by atoms with E-state index in [9.17, 15) is 19.6 Å². The lowest BCUT2D eigenvalue weighted by Gasteiger charge is -2.28. The third-order valence-corrected chi connectivity index (χ3v) is 3.52. The van der Waals surface area contributed by atoms with E-state index in [-0.39, 0.29) is 31.3 Å².